The van der Waals surface area contributed by atoms with E-state index < -0.39 is 0 Å². The molecule has 0 aliphatic heterocycles. The summed E-state index contributed by atoms with van der Waals surface area (Å²) in [6, 6.07) is 7.77. The molecule has 0 fully saturated rings. The van der Waals surface area contributed by atoms with E-state index in [2.05, 4.69) is 29.3 Å². The van der Waals surface area contributed by atoms with Crippen LogP contribution in [0, 0.1) is 0 Å². The van der Waals surface area contributed by atoms with Gasteiger partial charge in [-0.15, -0.1) is 0 Å². The van der Waals surface area contributed by atoms with Crippen molar-refractivity contribution in [2.75, 3.05) is 32.5 Å². The molecule has 0 aliphatic carbocycles. The van der Waals surface area contributed by atoms with E-state index in [0.717, 1.165) is 41.1 Å². The van der Waals surface area contributed by atoms with E-state index in [4.69, 9.17) is 11.6 Å². The first-order chi connectivity index (χ1) is 8.66. The van der Waals surface area contributed by atoms with Crippen LogP contribution in [-0.2, 0) is 0 Å². The maximum absolute atomic E-state index is 6.03. The Bertz CT molecular complexity index is 525. The zero-order valence-electron chi connectivity index (χ0n) is 10.8. The Balaban J connectivity index is 2.10. The van der Waals surface area contributed by atoms with Crippen molar-refractivity contribution in [3.05, 3.63) is 35.5 Å². The Morgan fingerprint density at radius 2 is 2.11 bits per heavy atom. The summed E-state index contributed by atoms with van der Waals surface area (Å²) < 4.78 is 0. The third kappa shape index (κ3) is 3.34. The smallest absolute Gasteiger partial charge is 0.0723 e. The van der Waals surface area contributed by atoms with Crippen molar-refractivity contribution in [1.82, 2.24) is 9.88 Å². The van der Waals surface area contributed by atoms with Crippen LogP contribution >= 0.6 is 11.6 Å². The van der Waals surface area contributed by atoms with Gasteiger partial charge in [0.2, 0.25) is 0 Å². The molecule has 0 atom stereocenters. The van der Waals surface area contributed by atoms with Crippen molar-refractivity contribution in [1.29, 1.82) is 0 Å². The molecule has 2 rings (SSSR count). The molecule has 0 aliphatic rings. The van der Waals surface area contributed by atoms with Crippen molar-refractivity contribution in [3.63, 3.8) is 0 Å². The summed E-state index contributed by atoms with van der Waals surface area (Å²) in [5.74, 6) is 0. The van der Waals surface area contributed by atoms with Gasteiger partial charge in [0.25, 0.3) is 0 Å². The highest BCUT2D eigenvalue weighted by Gasteiger charge is 2.02. The van der Waals surface area contributed by atoms with Gasteiger partial charge in [0.05, 0.1) is 5.52 Å². The molecule has 0 radical (unpaired) electrons. The van der Waals surface area contributed by atoms with E-state index in [0.29, 0.717) is 0 Å². The fourth-order valence-corrected chi connectivity index (χ4v) is 2.06. The van der Waals surface area contributed by atoms with Gasteiger partial charge in [-0.2, -0.15) is 0 Å². The summed E-state index contributed by atoms with van der Waals surface area (Å²) in [5, 5.41) is 5.27. The summed E-state index contributed by atoms with van der Waals surface area (Å²) in [7, 11) is 4.17. The molecule has 1 heterocycles. The molecule has 0 amide bonds. The average Bonchev–Trinajstić information content (AvgIpc) is 2.34. The number of benzene rings is 1. The Kier molecular flexibility index (Phi) is 4.39. The molecule has 0 bridgehead atoms. The monoisotopic (exact) mass is 263 g/mol. The zero-order valence-corrected chi connectivity index (χ0v) is 11.5. The van der Waals surface area contributed by atoms with Gasteiger partial charge in [-0.1, -0.05) is 11.6 Å². The lowest BCUT2D eigenvalue weighted by molar-refractivity contribution is 0.405. The minimum absolute atomic E-state index is 0.742. The second-order valence-electron chi connectivity index (χ2n) is 4.60. The van der Waals surface area contributed by atoms with E-state index in [1.54, 1.807) is 0 Å². The van der Waals surface area contributed by atoms with Crippen LogP contribution in [0.3, 0.4) is 0 Å². The highest BCUT2D eigenvalue weighted by atomic mass is 35.5. The second kappa shape index (κ2) is 6.03. The Morgan fingerprint density at radius 3 is 2.89 bits per heavy atom. The lowest BCUT2D eigenvalue weighted by Crippen LogP contribution is -2.16. The van der Waals surface area contributed by atoms with Gasteiger partial charge in [0.1, 0.15) is 0 Å². The third-order valence-electron chi connectivity index (χ3n) is 2.80. The zero-order chi connectivity index (χ0) is 13.0. The van der Waals surface area contributed by atoms with Gasteiger partial charge in [-0.05, 0) is 51.3 Å². The second-order valence-corrected chi connectivity index (χ2v) is 5.04. The minimum Gasteiger partial charge on any atom is -0.384 e. The number of hydrogen-bond donors (Lipinski definition) is 1. The minimum atomic E-state index is 0.742. The maximum atomic E-state index is 6.03. The number of pyridine rings is 1. The molecule has 1 N–H and O–H groups in total. The molecular weight excluding hydrogens is 246 g/mol. The van der Waals surface area contributed by atoms with Crippen LogP contribution in [-0.4, -0.2) is 37.1 Å². The van der Waals surface area contributed by atoms with Crippen LogP contribution in [0.5, 0.6) is 0 Å². The highest BCUT2D eigenvalue weighted by molar-refractivity contribution is 6.31. The van der Waals surface area contributed by atoms with Crippen molar-refractivity contribution in [2.24, 2.45) is 0 Å². The molecule has 2 aromatic rings. The molecule has 1 aromatic carbocycles. The fourth-order valence-electron chi connectivity index (χ4n) is 1.89. The number of anilines is 1. The van der Waals surface area contributed by atoms with E-state index in [9.17, 15) is 0 Å². The van der Waals surface area contributed by atoms with Gasteiger partial charge >= 0.3 is 0 Å². The first-order valence-corrected chi connectivity index (χ1v) is 6.47. The van der Waals surface area contributed by atoms with Gasteiger partial charge in [-0.25, -0.2) is 0 Å². The van der Waals surface area contributed by atoms with Crippen molar-refractivity contribution < 1.29 is 0 Å². The third-order valence-corrected chi connectivity index (χ3v) is 3.04. The molecule has 0 saturated carbocycles. The Morgan fingerprint density at radius 1 is 1.28 bits per heavy atom. The predicted molar refractivity (Wildman–Crippen MR) is 78.4 cm³/mol. The standard InChI is InChI=1S/C14H18ClN3/c1-18(2)9-3-7-16-14-6-8-17-13-5-4-11(15)10-12(13)14/h4-6,8,10H,3,7,9H2,1-2H3,(H,16,17). The number of nitrogens with zero attached hydrogens (tertiary/aromatic N) is 2. The molecule has 3 nitrogen and oxygen atoms in total. The Hall–Kier alpha value is -1.32. The summed E-state index contributed by atoms with van der Waals surface area (Å²) in [6.45, 7) is 2.03. The van der Waals surface area contributed by atoms with Crippen LogP contribution in [0.4, 0.5) is 5.69 Å². The maximum Gasteiger partial charge on any atom is 0.0723 e. The van der Waals surface area contributed by atoms with E-state index >= 15 is 0 Å². The van der Waals surface area contributed by atoms with Crippen LogP contribution in [0.15, 0.2) is 30.5 Å². The van der Waals surface area contributed by atoms with E-state index in [1.807, 2.05) is 30.5 Å². The SMILES string of the molecule is CN(C)CCCNc1ccnc2ccc(Cl)cc12. The molecular formula is C14H18ClN3. The molecule has 18 heavy (non-hydrogen) atoms. The molecule has 0 unspecified atom stereocenters. The Labute approximate surface area is 113 Å². The molecule has 96 valence electrons. The molecule has 4 heteroatoms. The largest absolute Gasteiger partial charge is 0.384 e. The molecule has 1 aromatic heterocycles. The first-order valence-electron chi connectivity index (χ1n) is 6.10. The average molecular weight is 264 g/mol. The van der Waals surface area contributed by atoms with Crippen LogP contribution < -0.4 is 5.32 Å². The lowest BCUT2D eigenvalue weighted by atomic mass is 10.2. The number of rotatable bonds is 5. The van der Waals surface area contributed by atoms with Crippen molar-refractivity contribution >= 4 is 28.2 Å². The van der Waals surface area contributed by atoms with Gasteiger partial charge in [0.15, 0.2) is 0 Å². The summed E-state index contributed by atoms with van der Waals surface area (Å²) in [6.07, 6.45) is 2.93. The van der Waals surface area contributed by atoms with Gasteiger partial charge < -0.3 is 10.2 Å². The van der Waals surface area contributed by atoms with Gasteiger partial charge in [-0.3, -0.25) is 4.98 Å². The highest BCUT2D eigenvalue weighted by Crippen LogP contribution is 2.24. The topological polar surface area (TPSA) is 28.2 Å². The van der Waals surface area contributed by atoms with Crippen molar-refractivity contribution in [3.8, 4) is 0 Å². The quantitative estimate of drug-likeness (QED) is 0.840. The number of fused-ring (bicyclic) bond motifs is 1. The van der Waals surface area contributed by atoms with Crippen LogP contribution in [0.25, 0.3) is 10.9 Å². The predicted octanol–water partition coefficient (Wildman–Crippen LogP) is 3.25. The van der Waals surface area contributed by atoms with E-state index in [-0.39, 0.29) is 0 Å². The summed E-state index contributed by atoms with van der Waals surface area (Å²) in [5.41, 5.74) is 2.07. The first kappa shape index (κ1) is 13.1. The molecule has 0 spiro atoms. The number of halogens is 1. The van der Waals surface area contributed by atoms with Gasteiger partial charge in [0, 0.05) is 28.8 Å². The molecule has 0 saturated heterocycles. The van der Waals surface area contributed by atoms with Crippen LogP contribution in [0.2, 0.25) is 5.02 Å². The van der Waals surface area contributed by atoms with Crippen molar-refractivity contribution in [2.45, 2.75) is 6.42 Å². The number of hydrogen-bond acceptors (Lipinski definition) is 3. The number of aromatic nitrogens is 1. The fraction of sp³-hybridized carbons (Fsp3) is 0.357. The normalized spacial score (nSPS) is 11.1. The lowest BCUT2D eigenvalue weighted by Gasteiger charge is -2.12. The number of nitrogens with one attached hydrogen (secondary N) is 1. The summed E-state index contributed by atoms with van der Waals surface area (Å²) >= 11 is 6.03. The van der Waals surface area contributed by atoms with E-state index in [1.165, 1.54) is 0 Å². The van der Waals surface area contributed by atoms with Crippen LogP contribution in [0.1, 0.15) is 6.42 Å². The summed E-state index contributed by atoms with van der Waals surface area (Å²) in [4.78, 5) is 6.52.